The molecule has 15 atom stereocenters. The molecule has 10 heteroatoms. The number of allylic oxidation sites excluding steroid dienone is 6. The second kappa shape index (κ2) is 16.7. The van der Waals surface area contributed by atoms with E-state index in [4.69, 9.17) is 22.6 Å². The van der Waals surface area contributed by atoms with Gasteiger partial charge in [0.1, 0.15) is 5.78 Å². The highest BCUT2D eigenvalue weighted by Crippen LogP contribution is 2.78. The summed E-state index contributed by atoms with van der Waals surface area (Å²) < 4.78 is 10.8. The molecule has 402 valence electrons. The number of nitrogens with zero attached hydrogens (tertiary/aromatic N) is 2. The van der Waals surface area contributed by atoms with Crippen molar-refractivity contribution in [2.24, 2.45) is 106 Å². The van der Waals surface area contributed by atoms with Gasteiger partial charge in [0.25, 0.3) is 0 Å². The van der Waals surface area contributed by atoms with Crippen molar-refractivity contribution in [3.05, 3.63) is 58.0 Å². The van der Waals surface area contributed by atoms with E-state index in [-0.39, 0.29) is 120 Å². The van der Waals surface area contributed by atoms with Crippen LogP contribution in [0.25, 0.3) is 9.69 Å². The highest BCUT2D eigenvalue weighted by Gasteiger charge is 2.74. The fourth-order valence-electron chi connectivity index (χ4n) is 21.0. The van der Waals surface area contributed by atoms with Gasteiger partial charge in [-0.1, -0.05) is 115 Å². The van der Waals surface area contributed by atoms with Crippen LogP contribution in [0.3, 0.4) is 0 Å². The number of methoxy groups -OCH3 is 2. The molecule has 10 rings (SSSR count). The number of Topliss-reactive ketones (excluding diaryl/α,β-unsaturated/α-hetero) is 3. The van der Waals surface area contributed by atoms with Crippen LogP contribution >= 0.6 is 0 Å². The van der Waals surface area contributed by atoms with Crippen molar-refractivity contribution >= 4 is 35.1 Å². The van der Waals surface area contributed by atoms with Crippen LogP contribution in [-0.4, -0.2) is 49.3 Å². The predicted molar refractivity (Wildman–Crippen MR) is 284 cm³/mol. The van der Waals surface area contributed by atoms with Gasteiger partial charge in [0, 0.05) is 34.5 Å². The van der Waals surface area contributed by atoms with Gasteiger partial charge in [-0.2, -0.15) is 0 Å². The molecule has 10 nitrogen and oxygen atoms in total. The normalized spacial score (nSPS) is 46.7. The molecule has 7 saturated carbocycles. The lowest BCUT2D eigenvalue weighted by atomic mass is 9.31. The van der Waals surface area contributed by atoms with Crippen LogP contribution in [0.15, 0.2) is 35.2 Å². The molecule has 0 aromatic carbocycles. The average molecular weight is 1010 g/mol. The molecular formula is C64H88N2O8. The van der Waals surface area contributed by atoms with Crippen LogP contribution in [-0.2, 0) is 38.2 Å². The first-order valence-corrected chi connectivity index (χ1v) is 28.3. The number of carbonyl (C=O) groups excluding carboxylic acids is 6. The number of hydrogen-bond donors (Lipinski definition) is 0. The first-order valence-electron chi connectivity index (χ1n) is 28.3. The standard InChI is InChI=1S/C32H45NO4.C32H43NO4/c2*1-27(2)12-14-32(26(36)37-9)15-13-31(7)24(19(32)17-27)21(34)16-23-29(5)18-20(33-8)25(35)28(3,4)22(29)10-11-30(23,31)6/h18-19,22-24H,10-17H2,1-7,9H3;16,18-19,22,24H,10-15,17H2,1-7,9H3/t19?,22-,23+,24?,29-,30+,31+,32-;19?,22-,24?,29-,30+,31+,32-/m00/s1. The molecule has 0 amide bonds. The zero-order valence-electron chi connectivity index (χ0n) is 48.0. The molecule has 0 aliphatic heterocycles. The Hall–Kier alpha value is -4.18. The summed E-state index contributed by atoms with van der Waals surface area (Å²) in [6.07, 6.45) is 18.3. The van der Waals surface area contributed by atoms with E-state index in [1.165, 1.54) is 14.2 Å². The number of rotatable bonds is 2. The molecule has 0 bridgehead atoms. The third-order valence-corrected chi connectivity index (χ3v) is 25.5. The summed E-state index contributed by atoms with van der Waals surface area (Å²) in [6, 6.07) is 0. The van der Waals surface area contributed by atoms with E-state index < -0.39 is 32.5 Å². The highest BCUT2D eigenvalue weighted by atomic mass is 16.5. The summed E-state index contributed by atoms with van der Waals surface area (Å²) in [5.74, 6) is -0.222. The largest absolute Gasteiger partial charge is 0.469 e. The van der Waals surface area contributed by atoms with Crippen molar-refractivity contribution in [1.29, 1.82) is 0 Å². The number of hydrogen-bond acceptors (Lipinski definition) is 8. The van der Waals surface area contributed by atoms with E-state index in [1.54, 1.807) is 0 Å². The minimum absolute atomic E-state index is 0.00280. The van der Waals surface area contributed by atoms with Gasteiger partial charge >= 0.3 is 11.9 Å². The van der Waals surface area contributed by atoms with Gasteiger partial charge < -0.3 is 19.1 Å². The van der Waals surface area contributed by atoms with Crippen LogP contribution in [0.2, 0.25) is 0 Å². The lowest BCUT2D eigenvalue weighted by Gasteiger charge is -2.71. The second-order valence-electron chi connectivity index (χ2n) is 30.2. The minimum atomic E-state index is -0.660. The van der Waals surface area contributed by atoms with E-state index in [1.807, 2.05) is 45.9 Å². The maximum atomic E-state index is 14.4. The van der Waals surface area contributed by atoms with E-state index in [0.717, 1.165) is 95.5 Å². The third-order valence-electron chi connectivity index (χ3n) is 25.5. The van der Waals surface area contributed by atoms with Crippen molar-refractivity contribution in [3.63, 3.8) is 0 Å². The predicted octanol–water partition coefficient (Wildman–Crippen LogP) is 13.5. The molecule has 0 saturated heterocycles. The molecule has 0 aromatic heterocycles. The topological polar surface area (TPSA) is 130 Å². The Morgan fingerprint density at radius 2 is 1.00 bits per heavy atom. The molecule has 7 fully saturated rings. The van der Waals surface area contributed by atoms with E-state index in [9.17, 15) is 28.8 Å². The van der Waals surface area contributed by atoms with Crippen LogP contribution in [0.4, 0.5) is 0 Å². The Balaban J connectivity index is 0.000000182. The molecular weight excluding hydrogens is 925 g/mol. The van der Waals surface area contributed by atoms with Crippen molar-refractivity contribution in [2.75, 3.05) is 14.2 Å². The summed E-state index contributed by atoms with van der Waals surface area (Å²) in [4.78, 5) is 89.3. The molecule has 10 aliphatic rings. The lowest BCUT2D eigenvalue weighted by Crippen LogP contribution is -2.69. The summed E-state index contributed by atoms with van der Waals surface area (Å²) in [5.41, 5.74) is -2.60. The Morgan fingerprint density at radius 1 is 0.541 bits per heavy atom. The number of esters is 2. The molecule has 74 heavy (non-hydrogen) atoms. The zero-order chi connectivity index (χ0) is 54.8. The van der Waals surface area contributed by atoms with Crippen LogP contribution in [0.1, 0.15) is 193 Å². The van der Waals surface area contributed by atoms with Crippen LogP contribution < -0.4 is 0 Å². The van der Waals surface area contributed by atoms with Gasteiger partial charge in [0.15, 0.2) is 17.3 Å². The first kappa shape index (κ1) is 54.6. The zero-order valence-corrected chi connectivity index (χ0v) is 48.0. The summed E-state index contributed by atoms with van der Waals surface area (Å²) in [6.45, 7) is 46.3. The number of ether oxygens (including phenoxy) is 2. The Labute approximate surface area is 443 Å². The van der Waals surface area contributed by atoms with Crippen LogP contribution in [0.5, 0.6) is 0 Å². The second-order valence-corrected chi connectivity index (χ2v) is 30.2. The van der Waals surface area contributed by atoms with E-state index in [0.29, 0.717) is 6.42 Å². The maximum absolute atomic E-state index is 14.4. The highest BCUT2D eigenvalue weighted by molar-refractivity contribution is 6.04. The summed E-state index contributed by atoms with van der Waals surface area (Å²) in [5, 5.41) is 0. The molecule has 0 spiro atoms. The molecule has 0 radical (unpaired) electrons. The smallest absolute Gasteiger partial charge is 0.312 e. The molecule has 10 aliphatic carbocycles. The van der Waals surface area contributed by atoms with Crippen molar-refractivity contribution in [1.82, 2.24) is 0 Å². The first-order chi connectivity index (χ1) is 34.1. The Morgan fingerprint density at radius 3 is 1.51 bits per heavy atom. The SMILES string of the molecule is [C-]#[N+]C1=C[C@]2(C)C3=CC(=O)C4C5CC(C)(C)CC[C@]5(C(=O)OC)CC[C@@]4(C)[C@]3(C)CC[C@H]2C(C)(C)C1=O.[C-]#[N+]C1=C[C@]2(C)[C@H]3CC(=O)C4C5CC(C)(C)CC[C@]5(C(=O)OC)CC[C@@]4(C)[C@]3(C)CC[C@H]2C(C)(C)C1=O. The van der Waals surface area contributed by atoms with E-state index >= 15 is 0 Å². The Bertz CT molecular complexity index is 2710. The van der Waals surface area contributed by atoms with Crippen LogP contribution in [0, 0.1) is 120 Å². The minimum Gasteiger partial charge on any atom is -0.469 e. The fourth-order valence-corrected chi connectivity index (χ4v) is 21.0. The van der Waals surface area contributed by atoms with Gasteiger partial charge in [-0.05, 0) is 163 Å². The molecule has 0 N–H and O–H groups in total. The quantitative estimate of drug-likeness (QED) is 0.197. The number of carbonyl (C=O) groups is 6. The van der Waals surface area contributed by atoms with Gasteiger partial charge in [-0.3, -0.25) is 19.2 Å². The van der Waals surface area contributed by atoms with Crippen molar-refractivity contribution in [2.45, 2.75) is 193 Å². The van der Waals surface area contributed by atoms with Crippen molar-refractivity contribution < 1.29 is 38.2 Å². The number of fused-ring (bicyclic) bond motifs is 14. The molecule has 4 unspecified atom stereocenters. The van der Waals surface area contributed by atoms with E-state index in [2.05, 4.69) is 78.9 Å². The molecule has 0 aromatic rings. The van der Waals surface area contributed by atoms with Gasteiger partial charge in [-0.25, -0.2) is 9.69 Å². The maximum Gasteiger partial charge on any atom is 0.312 e. The average Bonchev–Trinajstić information content (AvgIpc) is 3.32. The summed E-state index contributed by atoms with van der Waals surface area (Å²) in [7, 11) is 2.98. The lowest BCUT2D eigenvalue weighted by molar-refractivity contribution is -0.226. The van der Waals surface area contributed by atoms with Gasteiger partial charge in [0.2, 0.25) is 11.4 Å². The molecule has 0 heterocycles. The number of ketones is 4. The van der Waals surface area contributed by atoms with Crippen molar-refractivity contribution in [3.8, 4) is 0 Å². The fraction of sp³-hybridized carbons (Fsp3) is 0.781. The Kier molecular flexibility index (Phi) is 12.3. The monoisotopic (exact) mass is 1010 g/mol. The van der Waals surface area contributed by atoms with Gasteiger partial charge in [-0.15, -0.1) is 0 Å². The van der Waals surface area contributed by atoms with Gasteiger partial charge in [0.05, 0.1) is 38.2 Å². The third kappa shape index (κ3) is 6.88. The summed E-state index contributed by atoms with van der Waals surface area (Å²) >= 11 is 0.